The molecule has 0 saturated heterocycles. The van der Waals surface area contributed by atoms with Crippen LogP contribution < -0.4 is 0 Å². The van der Waals surface area contributed by atoms with Crippen LogP contribution in [0.25, 0.3) is 11.0 Å². The van der Waals surface area contributed by atoms with Crippen molar-refractivity contribution in [3.05, 3.63) is 24.3 Å². The number of benzene rings is 1. The first-order chi connectivity index (χ1) is 6.25. The van der Waals surface area contributed by atoms with Crippen molar-refractivity contribution in [1.82, 2.24) is 9.97 Å². The topological polar surface area (TPSA) is 66.0 Å². The molecule has 66 valence electrons. The molecule has 2 aromatic rings. The zero-order valence-electron chi connectivity index (χ0n) is 6.52. The Labute approximate surface area is 78.0 Å². The molecule has 13 heavy (non-hydrogen) atoms. The minimum absolute atomic E-state index is 0.411. The van der Waals surface area contributed by atoms with Crippen molar-refractivity contribution in [1.29, 1.82) is 0 Å². The molecule has 0 bridgehead atoms. The van der Waals surface area contributed by atoms with Gasteiger partial charge < -0.3 is 10.1 Å². The molecule has 0 aliphatic heterocycles. The molecule has 0 fully saturated rings. The van der Waals surface area contributed by atoms with E-state index in [9.17, 15) is 4.79 Å². The number of nitrogens with one attached hydrogen (secondary N) is 1. The predicted molar refractivity (Wildman–Crippen MR) is 50.0 cm³/mol. The van der Waals surface area contributed by atoms with E-state index >= 15 is 0 Å². The van der Waals surface area contributed by atoms with Gasteiger partial charge in [0, 0.05) is 11.8 Å². The van der Waals surface area contributed by atoms with E-state index in [1.54, 1.807) is 0 Å². The number of aromatic amines is 1. The molecule has 2 N–H and O–H groups in total. The highest BCUT2D eigenvalue weighted by Gasteiger charge is 2.06. The van der Waals surface area contributed by atoms with Crippen LogP contribution in [0.5, 0.6) is 0 Å². The van der Waals surface area contributed by atoms with Crippen molar-refractivity contribution in [3.63, 3.8) is 0 Å². The Balaban J connectivity index is 2.44. The molecule has 0 atom stereocenters. The van der Waals surface area contributed by atoms with Crippen LogP contribution >= 0.6 is 11.8 Å². The lowest BCUT2D eigenvalue weighted by molar-refractivity contribution is 0.222. The Morgan fingerprint density at radius 2 is 2.23 bits per heavy atom. The van der Waals surface area contributed by atoms with E-state index in [-0.39, 0.29) is 0 Å². The molecular formula is C8H6N2O2S. The van der Waals surface area contributed by atoms with Gasteiger partial charge in [0.15, 0.2) is 5.16 Å². The molecule has 0 spiro atoms. The predicted octanol–water partition coefficient (Wildman–Crippen LogP) is 2.33. The molecule has 4 nitrogen and oxygen atoms in total. The third-order valence-corrected chi connectivity index (χ3v) is 2.11. The summed E-state index contributed by atoms with van der Waals surface area (Å²) in [6.07, 6.45) is 0. The second-order valence-corrected chi connectivity index (χ2v) is 3.37. The molecule has 1 aromatic heterocycles. The standard InChI is InChI=1S/C8H6N2O2S/c11-8(12)13-7-9-5-3-1-2-4-6(5)10-7/h1-4H,(H,9,10)(H,11,12). The molecule has 0 aliphatic carbocycles. The number of hydrogen-bond donors (Lipinski definition) is 2. The number of nitrogens with zero attached hydrogens (tertiary/aromatic N) is 1. The quantitative estimate of drug-likeness (QED) is 0.684. The number of para-hydroxylation sites is 2. The van der Waals surface area contributed by atoms with Crippen LogP contribution in [0.15, 0.2) is 29.4 Å². The first-order valence-electron chi connectivity index (χ1n) is 3.61. The van der Waals surface area contributed by atoms with Crippen molar-refractivity contribution in [2.24, 2.45) is 0 Å². The number of carbonyl (C=O) groups is 1. The smallest absolute Gasteiger partial charge is 0.372 e. The van der Waals surface area contributed by atoms with E-state index < -0.39 is 5.30 Å². The summed E-state index contributed by atoms with van der Waals surface area (Å²) in [4.78, 5) is 17.3. The number of carboxylic acid groups (broad SMARTS) is 1. The molecule has 2 rings (SSSR count). The van der Waals surface area contributed by atoms with Crippen LogP contribution in [0.3, 0.4) is 0 Å². The van der Waals surface area contributed by atoms with Crippen molar-refractivity contribution in [3.8, 4) is 0 Å². The maximum absolute atomic E-state index is 10.3. The average molecular weight is 194 g/mol. The summed E-state index contributed by atoms with van der Waals surface area (Å²) in [6, 6.07) is 7.42. The molecule has 5 heteroatoms. The average Bonchev–Trinajstić information content (AvgIpc) is 2.44. The van der Waals surface area contributed by atoms with Gasteiger partial charge in [-0.1, -0.05) is 12.1 Å². The lowest BCUT2D eigenvalue weighted by Gasteiger charge is -1.85. The van der Waals surface area contributed by atoms with Gasteiger partial charge in [-0.15, -0.1) is 0 Å². The lowest BCUT2D eigenvalue weighted by atomic mass is 10.3. The van der Waals surface area contributed by atoms with Crippen molar-refractivity contribution in [2.45, 2.75) is 5.16 Å². The second-order valence-electron chi connectivity index (χ2n) is 2.43. The number of rotatable bonds is 1. The molecule has 0 radical (unpaired) electrons. The van der Waals surface area contributed by atoms with Gasteiger partial charge in [-0.3, -0.25) is 0 Å². The number of fused-ring (bicyclic) bond motifs is 1. The maximum Gasteiger partial charge on any atom is 0.372 e. The Morgan fingerprint density at radius 1 is 1.46 bits per heavy atom. The number of hydrogen-bond acceptors (Lipinski definition) is 3. The van der Waals surface area contributed by atoms with E-state index in [0.717, 1.165) is 11.0 Å². The summed E-state index contributed by atoms with van der Waals surface area (Å²) >= 11 is 0.674. The first-order valence-corrected chi connectivity index (χ1v) is 4.43. The number of imidazole rings is 1. The summed E-state index contributed by atoms with van der Waals surface area (Å²) in [6.45, 7) is 0. The zero-order valence-corrected chi connectivity index (χ0v) is 7.34. The lowest BCUT2D eigenvalue weighted by Crippen LogP contribution is -1.83. The van der Waals surface area contributed by atoms with Gasteiger partial charge in [-0.05, 0) is 12.1 Å². The van der Waals surface area contributed by atoms with E-state index in [0.29, 0.717) is 16.9 Å². The van der Waals surface area contributed by atoms with Crippen LogP contribution in [0.1, 0.15) is 0 Å². The summed E-state index contributed by atoms with van der Waals surface area (Å²) < 4.78 is 0. The van der Waals surface area contributed by atoms with Gasteiger partial charge in [0.05, 0.1) is 11.0 Å². The van der Waals surface area contributed by atoms with Crippen LogP contribution in [-0.2, 0) is 0 Å². The summed E-state index contributed by atoms with van der Waals surface area (Å²) in [5.74, 6) is 0. The Bertz CT molecular complexity index is 419. The zero-order chi connectivity index (χ0) is 9.26. The molecule has 1 heterocycles. The molecule has 0 saturated carbocycles. The fourth-order valence-corrected chi connectivity index (χ4v) is 1.53. The fraction of sp³-hybridized carbons (Fsp3) is 0. The van der Waals surface area contributed by atoms with Gasteiger partial charge >= 0.3 is 5.30 Å². The minimum Gasteiger partial charge on any atom is -0.473 e. The molecule has 0 unspecified atom stereocenters. The molecular weight excluding hydrogens is 188 g/mol. The van der Waals surface area contributed by atoms with Gasteiger partial charge in [-0.2, -0.15) is 0 Å². The van der Waals surface area contributed by atoms with Gasteiger partial charge in [0.25, 0.3) is 0 Å². The monoisotopic (exact) mass is 194 g/mol. The van der Waals surface area contributed by atoms with E-state index in [4.69, 9.17) is 5.11 Å². The second kappa shape index (κ2) is 3.10. The Morgan fingerprint density at radius 3 is 2.92 bits per heavy atom. The van der Waals surface area contributed by atoms with Crippen LogP contribution in [0.2, 0.25) is 0 Å². The van der Waals surface area contributed by atoms with Crippen LogP contribution in [0.4, 0.5) is 4.79 Å². The molecule has 1 aromatic carbocycles. The first kappa shape index (κ1) is 8.12. The third-order valence-electron chi connectivity index (χ3n) is 1.55. The summed E-state index contributed by atoms with van der Waals surface area (Å²) in [5.41, 5.74) is 1.64. The number of H-pyrrole nitrogens is 1. The fourth-order valence-electron chi connectivity index (χ4n) is 1.06. The number of thioether (sulfide) groups is 1. The third kappa shape index (κ3) is 1.65. The van der Waals surface area contributed by atoms with Crippen molar-refractivity contribution < 1.29 is 9.90 Å². The van der Waals surface area contributed by atoms with Gasteiger partial charge in [0.2, 0.25) is 0 Å². The van der Waals surface area contributed by atoms with E-state index in [1.807, 2.05) is 24.3 Å². The highest BCUT2D eigenvalue weighted by atomic mass is 32.2. The molecule has 0 amide bonds. The number of aromatic nitrogens is 2. The summed E-state index contributed by atoms with van der Waals surface area (Å²) in [7, 11) is 0. The van der Waals surface area contributed by atoms with Crippen molar-refractivity contribution in [2.75, 3.05) is 0 Å². The van der Waals surface area contributed by atoms with Crippen LogP contribution in [-0.4, -0.2) is 20.4 Å². The SMILES string of the molecule is O=C(O)Sc1nc2ccccc2[nH]1. The van der Waals surface area contributed by atoms with E-state index in [2.05, 4.69) is 9.97 Å². The highest BCUT2D eigenvalue weighted by molar-refractivity contribution is 8.13. The Kier molecular flexibility index (Phi) is 1.94. The maximum atomic E-state index is 10.3. The van der Waals surface area contributed by atoms with Crippen molar-refractivity contribution >= 4 is 28.1 Å². The Hall–Kier alpha value is -1.49. The van der Waals surface area contributed by atoms with Crippen LogP contribution in [0, 0.1) is 0 Å². The molecule has 0 aliphatic rings. The summed E-state index contributed by atoms with van der Waals surface area (Å²) in [5, 5.41) is 7.95. The highest BCUT2D eigenvalue weighted by Crippen LogP contribution is 2.18. The van der Waals surface area contributed by atoms with Gasteiger partial charge in [-0.25, -0.2) is 9.78 Å². The van der Waals surface area contributed by atoms with Gasteiger partial charge in [0.1, 0.15) is 0 Å². The minimum atomic E-state index is -0.959. The largest absolute Gasteiger partial charge is 0.473 e. The normalized spacial score (nSPS) is 10.5. The van der Waals surface area contributed by atoms with E-state index in [1.165, 1.54) is 0 Å².